The van der Waals surface area contributed by atoms with Gasteiger partial charge in [-0.05, 0) is 84.8 Å². The number of hydrogen-bond donors (Lipinski definition) is 2. The molecule has 1 heterocycles. The first-order valence-electron chi connectivity index (χ1n) is 13.4. The van der Waals surface area contributed by atoms with E-state index in [1.54, 1.807) is 62.8 Å². The van der Waals surface area contributed by atoms with Gasteiger partial charge < -0.3 is 24.8 Å². The molecule has 1 aliphatic rings. The van der Waals surface area contributed by atoms with Crippen molar-refractivity contribution in [1.82, 2.24) is 5.32 Å². The summed E-state index contributed by atoms with van der Waals surface area (Å²) in [4.78, 5) is 39.7. The smallest absolute Gasteiger partial charge is 0.283 e. The summed E-state index contributed by atoms with van der Waals surface area (Å²) in [5.74, 6) is 0.999. The molecule has 43 heavy (non-hydrogen) atoms. The Balaban J connectivity index is 1.17. The number of para-hydroxylation sites is 1. The summed E-state index contributed by atoms with van der Waals surface area (Å²) in [7, 11) is 3.15. The summed E-state index contributed by atoms with van der Waals surface area (Å²) in [5, 5.41) is 5.58. The molecule has 0 saturated heterocycles. The van der Waals surface area contributed by atoms with Crippen molar-refractivity contribution >= 4 is 40.7 Å². The van der Waals surface area contributed by atoms with E-state index in [-0.39, 0.29) is 16.6 Å². The summed E-state index contributed by atoms with van der Waals surface area (Å²) >= 11 is 6.28. The monoisotopic (exact) mass is 597 g/mol. The molecule has 0 unspecified atom stereocenters. The average Bonchev–Trinajstić information content (AvgIpc) is 3.24. The molecule has 0 bridgehead atoms. The molecule has 4 aromatic carbocycles. The van der Waals surface area contributed by atoms with Crippen LogP contribution in [0.4, 0.5) is 11.4 Å². The number of amides is 3. The van der Waals surface area contributed by atoms with Gasteiger partial charge in [0.05, 0.1) is 19.9 Å². The largest absolute Gasteiger partial charge is 0.493 e. The van der Waals surface area contributed by atoms with Gasteiger partial charge in [0, 0.05) is 17.8 Å². The minimum Gasteiger partial charge on any atom is -0.493 e. The minimum atomic E-state index is -0.642. The van der Waals surface area contributed by atoms with Crippen LogP contribution in [-0.4, -0.2) is 38.5 Å². The molecule has 9 nitrogen and oxygen atoms in total. The second-order valence-corrected chi connectivity index (χ2v) is 9.82. The van der Waals surface area contributed by atoms with E-state index in [9.17, 15) is 14.4 Å². The van der Waals surface area contributed by atoms with E-state index in [2.05, 4.69) is 10.6 Å². The Bertz CT molecular complexity index is 1670. The standard InChI is InChI=1S/C33H28ClN3O6/c1-41-27-17-8-21(20-28(27)42-2)18-19-35-31(38)22-9-11-23(12-10-22)36-30-29(34)32(39)37(33(30)40)24-13-15-26(16-14-24)43-25-6-4-3-5-7-25/h3-17,20,36H,18-19H2,1-2H3,(H,35,38). The van der Waals surface area contributed by atoms with E-state index in [1.165, 1.54) is 0 Å². The molecular formula is C33H28ClN3O6. The fraction of sp³-hybridized carbons (Fsp3) is 0.121. The number of ether oxygens (including phenoxy) is 3. The third kappa shape index (κ3) is 6.63. The number of anilines is 2. The second-order valence-electron chi connectivity index (χ2n) is 9.44. The van der Waals surface area contributed by atoms with E-state index in [0.717, 1.165) is 10.5 Å². The Morgan fingerprint density at radius 3 is 2.14 bits per heavy atom. The number of halogens is 1. The Morgan fingerprint density at radius 2 is 1.47 bits per heavy atom. The van der Waals surface area contributed by atoms with E-state index >= 15 is 0 Å². The molecule has 1 aliphatic heterocycles. The molecule has 0 fully saturated rings. The van der Waals surface area contributed by atoms with Crippen molar-refractivity contribution in [2.45, 2.75) is 6.42 Å². The van der Waals surface area contributed by atoms with E-state index in [4.69, 9.17) is 25.8 Å². The van der Waals surface area contributed by atoms with Crippen molar-refractivity contribution in [1.29, 1.82) is 0 Å². The lowest BCUT2D eigenvalue weighted by Crippen LogP contribution is -2.32. The number of benzene rings is 4. The van der Waals surface area contributed by atoms with Crippen molar-refractivity contribution in [3.8, 4) is 23.0 Å². The summed E-state index contributed by atoms with van der Waals surface area (Å²) in [6.45, 7) is 0.419. The van der Waals surface area contributed by atoms with E-state index in [0.29, 0.717) is 52.9 Å². The van der Waals surface area contributed by atoms with Gasteiger partial charge in [-0.15, -0.1) is 0 Å². The molecule has 0 saturated carbocycles. The molecule has 218 valence electrons. The molecule has 10 heteroatoms. The zero-order chi connectivity index (χ0) is 30.3. The summed E-state index contributed by atoms with van der Waals surface area (Å²) in [5.41, 5.74) is 2.22. The van der Waals surface area contributed by atoms with Crippen molar-refractivity contribution in [2.75, 3.05) is 31.0 Å². The Hall–Kier alpha value is -5.28. The zero-order valence-corrected chi connectivity index (χ0v) is 24.2. The summed E-state index contributed by atoms with van der Waals surface area (Å²) in [6, 6.07) is 27.9. The van der Waals surface area contributed by atoms with Crippen LogP contribution in [0.25, 0.3) is 0 Å². The number of hydrogen-bond acceptors (Lipinski definition) is 7. The first-order chi connectivity index (χ1) is 20.9. The number of carbonyl (C=O) groups excluding carboxylic acids is 3. The predicted molar refractivity (Wildman–Crippen MR) is 164 cm³/mol. The fourth-order valence-electron chi connectivity index (χ4n) is 4.44. The molecule has 0 atom stereocenters. The number of carbonyl (C=O) groups is 3. The van der Waals surface area contributed by atoms with Crippen molar-refractivity contribution in [3.63, 3.8) is 0 Å². The molecule has 2 N–H and O–H groups in total. The molecule has 0 aromatic heterocycles. The van der Waals surface area contributed by atoms with Gasteiger partial charge in [0.15, 0.2) is 11.5 Å². The number of rotatable bonds is 11. The lowest BCUT2D eigenvalue weighted by molar-refractivity contribution is -0.120. The lowest BCUT2D eigenvalue weighted by Gasteiger charge is -2.16. The zero-order valence-electron chi connectivity index (χ0n) is 23.4. The first-order valence-corrected chi connectivity index (χ1v) is 13.7. The van der Waals surface area contributed by atoms with Crippen LogP contribution in [0.3, 0.4) is 0 Å². The van der Waals surface area contributed by atoms with Crippen LogP contribution in [0.2, 0.25) is 0 Å². The van der Waals surface area contributed by atoms with Gasteiger partial charge in [0.25, 0.3) is 17.7 Å². The van der Waals surface area contributed by atoms with Crippen LogP contribution >= 0.6 is 11.6 Å². The number of nitrogens with one attached hydrogen (secondary N) is 2. The maximum absolute atomic E-state index is 13.2. The highest BCUT2D eigenvalue weighted by Gasteiger charge is 2.39. The quantitative estimate of drug-likeness (QED) is 0.207. The van der Waals surface area contributed by atoms with E-state index < -0.39 is 11.8 Å². The predicted octanol–water partition coefficient (Wildman–Crippen LogP) is 5.90. The third-order valence-corrected chi connectivity index (χ3v) is 7.02. The maximum Gasteiger partial charge on any atom is 0.283 e. The van der Waals surface area contributed by atoms with Crippen LogP contribution in [0.5, 0.6) is 23.0 Å². The topological polar surface area (TPSA) is 106 Å². The molecule has 5 rings (SSSR count). The van der Waals surface area contributed by atoms with Crippen LogP contribution < -0.4 is 29.7 Å². The number of nitrogens with zero attached hydrogens (tertiary/aromatic N) is 1. The minimum absolute atomic E-state index is 0.0524. The lowest BCUT2D eigenvalue weighted by atomic mass is 10.1. The SMILES string of the molecule is COc1ccc(CCNC(=O)c2ccc(NC3=C(Cl)C(=O)N(c4ccc(Oc5ccccc5)cc4)C3=O)cc2)cc1OC. The summed E-state index contributed by atoms with van der Waals surface area (Å²) in [6.07, 6.45) is 0.605. The molecule has 4 aromatic rings. The van der Waals surface area contributed by atoms with Gasteiger partial charge in [-0.1, -0.05) is 35.9 Å². The van der Waals surface area contributed by atoms with Crippen LogP contribution in [-0.2, 0) is 16.0 Å². The van der Waals surface area contributed by atoms with Gasteiger partial charge in [-0.3, -0.25) is 14.4 Å². The fourth-order valence-corrected chi connectivity index (χ4v) is 4.65. The Kier molecular flexibility index (Phi) is 8.93. The van der Waals surface area contributed by atoms with Crippen molar-refractivity contribution in [3.05, 3.63) is 119 Å². The summed E-state index contributed by atoms with van der Waals surface area (Å²) < 4.78 is 16.4. The maximum atomic E-state index is 13.2. The first kappa shape index (κ1) is 29.2. The third-order valence-electron chi connectivity index (χ3n) is 6.66. The van der Waals surface area contributed by atoms with Gasteiger partial charge in [-0.25, -0.2) is 4.90 Å². The highest BCUT2D eigenvalue weighted by atomic mass is 35.5. The van der Waals surface area contributed by atoms with Crippen molar-refractivity contribution < 1.29 is 28.6 Å². The highest BCUT2D eigenvalue weighted by molar-refractivity contribution is 6.53. The molecule has 3 amide bonds. The Morgan fingerprint density at radius 1 is 0.791 bits per heavy atom. The van der Waals surface area contributed by atoms with Crippen molar-refractivity contribution in [2.24, 2.45) is 0 Å². The van der Waals surface area contributed by atoms with Gasteiger partial charge in [0.1, 0.15) is 22.2 Å². The van der Waals surface area contributed by atoms with E-state index in [1.807, 2.05) is 48.5 Å². The molecule has 0 aliphatic carbocycles. The Labute approximate surface area is 253 Å². The number of methoxy groups -OCH3 is 2. The van der Waals surface area contributed by atoms with Gasteiger partial charge in [0.2, 0.25) is 0 Å². The molecular weight excluding hydrogens is 570 g/mol. The molecule has 0 spiro atoms. The highest BCUT2D eigenvalue weighted by Crippen LogP contribution is 2.32. The second kappa shape index (κ2) is 13.1. The average molecular weight is 598 g/mol. The van der Waals surface area contributed by atoms with Crippen LogP contribution in [0.15, 0.2) is 108 Å². The van der Waals surface area contributed by atoms with Crippen LogP contribution in [0, 0.1) is 0 Å². The van der Waals surface area contributed by atoms with Gasteiger partial charge in [-0.2, -0.15) is 0 Å². The van der Waals surface area contributed by atoms with Gasteiger partial charge >= 0.3 is 0 Å². The normalized spacial score (nSPS) is 12.8. The van der Waals surface area contributed by atoms with Crippen LogP contribution in [0.1, 0.15) is 15.9 Å². The molecule has 0 radical (unpaired) electrons. The number of imide groups is 1.